The maximum Gasteiger partial charge on any atom is 0.271 e. The third kappa shape index (κ3) is 6.15. The zero-order chi connectivity index (χ0) is 14.3. The first-order chi connectivity index (χ1) is 8.99. The molecule has 19 heavy (non-hydrogen) atoms. The van der Waals surface area contributed by atoms with Crippen LogP contribution in [0.3, 0.4) is 0 Å². The van der Waals surface area contributed by atoms with Crippen molar-refractivity contribution in [1.29, 1.82) is 0 Å². The molecule has 0 radical (unpaired) electrons. The smallest absolute Gasteiger partial charge is 0.271 e. The van der Waals surface area contributed by atoms with Gasteiger partial charge in [0.25, 0.3) is 5.91 Å². The van der Waals surface area contributed by atoms with Gasteiger partial charge < -0.3 is 15.5 Å². The molecule has 1 aromatic rings. The Balaban J connectivity index is 2.44. The fourth-order valence-electron chi connectivity index (χ4n) is 1.33. The van der Waals surface area contributed by atoms with Crippen LogP contribution in [0.2, 0.25) is 0 Å². The van der Waals surface area contributed by atoms with E-state index in [1.54, 1.807) is 6.20 Å². The van der Waals surface area contributed by atoms with Gasteiger partial charge >= 0.3 is 0 Å². The molecule has 0 aromatic carbocycles. The summed E-state index contributed by atoms with van der Waals surface area (Å²) in [5, 5.41) is 5.95. The molecule has 1 heterocycles. The van der Waals surface area contributed by atoms with Crippen LogP contribution in [0.25, 0.3) is 0 Å². The minimum atomic E-state index is -0.190. The highest BCUT2D eigenvalue weighted by Gasteiger charge is 2.07. The van der Waals surface area contributed by atoms with Gasteiger partial charge in [-0.25, -0.2) is 9.97 Å². The highest BCUT2D eigenvalue weighted by atomic mass is 16.1. The fourth-order valence-corrected chi connectivity index (χ4v) is 1.33. The lowest BCUT2D eigenvalue weighted by Crippen LogP contribution is -2.31. The Morgan fingerprint density at radius 3 is 2.58 bits per heavy atom. The second-order valence-electron chi connectivity index (χ2n) is 5.12. The van der Waals surface area contributed by atoms with Crippen LogP contribution in [-0.2, 0) is 0 Å². The summed E-state index contributed by atoms with van der Waals surface area (Å²) < 4.78 is 0. The summed E-state index contributed by atoms with van der Waals surface area (Å²) >= 11 is 0. The molecular formula is C13H23N5O. The number of hydrogen-bond acceptors (Lipinski definition) is 5. The summed E-state index contributed by atoms with van der Waals surface area (Å²) in [5.74, 6) is 1.04. The lowest BCUT2D eigenvalue weighted by molar-refractivity contribution is 0.0945. The van der Waals surface area contributed by atoms with E-state index in [1.165, 1.54) is 6.20 Å². The van der Waals surface area contributed by atoms with Crippen LogP contribution >= 0.6 is 0 Å². The van der Waals surface area contributed by atoms with Gasteiger partial charge in [0, 0.05) is 19.6 Å². The third-order valence-electron chi connectivity index (χ3n) is 2.42. The van der Waals surface area contributed by atoms with Crippen molar-refractivity contribution in [1.82, 2.24) is 20.2 Å². The molecule has 1 aromatic heterocycles. The van der Waals surface area contributed by atoms with Gasteiger partial charge in [-0.15, -0.1) is 0 Å². The highest BCUT2D eigenvalue weighted by molar-refractivity contribution is 5.91. The van der Waals surface area contributed by atoms with Crippen molar-refractivity contribution in [3.05, 3.63) is 18.1 Å². The lowest BCUT2D eigenvalue weighted by Gasteiger charge is -2.10. The van der Waals surface area contributed by atoms with Crippen molar-refractivity contribution in [2.24, 2.45) is 5.92 Å². The summed E-state index contributed by atoms with van der Waals surface area (Å²) in [6, 6.07) is 0. The van der Waals surface area contributed by atoms with Crippen LogP contribution in [0.15, 0.2) is 12.4 Å². The van der Waals surface area contributed by atoms with Crippen LogP contribution in [0, 0.1) is 5.92 Å². The van der Waals surface area contributed by atoms with Gasteiger partial charge in [0.05, 0.1) is 12.4 Å². The molecule has 0 aliphatic rings. The molecule has 0 spiro atoms. The van der Waals surface area contributed by atoms with Gasteiger partial charge in [-0.05, 0) is 20.0 Å². The number of nitrogens with zero attached hydrogens (tertiary/aromatic N) is 3. The second-order valence-corrected chi connectivity index (χ2v) is 5.12. The molecule has 6 nitrogen and oxygen atoms in total. The molecule has 0 saturated carbocycles. The molecule has 0 atom stereocenters. The SMILES string of the molecule is CC(C)CNc1cnc(C(=O)NCCN(C)C)cn1. The van der Waals surface area contributed by atoms with Crippen molar-refractivity contribution in [3.63, 3.8) is 0 Å². The van der Waals surface area contributed by atoms with E-state index in [9.17, 15) is 4.79 Å². The Morgan fingerprint density at radius 2 is 2.05 bits per heavy atom. The molecule has 1 rings (SSSR count). The van der Waals surface area contributed by atoms with E-state index in [1.807, 2.05) is 19.0 Å². The van der Waals surface area contributed by atoms with Crippen molar-refractivity contribution in [2.75, 3.05) is 39.0 Å². The topological polar surface area (TPSA) is 70.2 Å². The van der Waals surface area contributed by atoms with Crippen molar-refractivity contribution >= 4 is 11.7 Å². The number of likely N-dealkylation sites (N-methyl/N-ethyl adjacent to an activating group) is 1. The minimum Gasteiger partial charge on any atom is -0.369 e. The van der Waals surface area contributed by atoms with Crippen LogP contribution < -0.4 is 10.6 Å². The van der Waals surface area contributed by atoms with Gasteiger partial charge in [-0.2, -0.15) is 0 Å². The number of carbonyl (C=O) groups is 1. The molecular weight excluding hydrogens is 242 g/mol. The van der Waals surface area contributed by atoms with Gasteiger partial charge in [0.2, 0.25) is 0 Å². The Morgan fingerprint density at radius 1 is 1.32 bits per heavy atom. The summed E-state index contributed by atoms with van der Waals surface area (Å²) in [6.07, 6.45) is 3.08. The fraction of sp³-hybridized carbons (Fsp3) is 0.615. The maximum absolute atomic E-state index is 11.8. The predicted octanol–water partition coefficient (Wildman–Crippen LogP) is 0.836. The molecule has 6 heteroatoms. The Hall–Kier alpha value is -1.69. The number of amides is 1. The van der Waals surface area contributed by atoms with Gasteiger partial charge in [0.15, 0.2) is 0 Å². The molecule has 0 saturated heterocycles. The minimum absolute atomic E-state index is 0.190. The van der Waals surface area contributed by atoms with Crippen LogP contribution in [-0.4, -0.2) is 54.5 Å². The second kappa shape index (κ2) is 7.68. The van der Waals surface area contributed by atoms with E-state index in [-0.39, 0.29) is 5.91 Å². The average Bonchev–Trinajstić information content (AvgIpc) is 2.36. The first kappa shape index (κ1) is 15.4. The number of aromatic nitrogens is 2. The van der Waals surface area contributed by atoms with E-state index >= 15 is 0 Å². The zero-order valence-electron chi connectivity index (χ0n) is 12.1. The normalized spacial score (nSPS) is 10.8. The largest absolute Gasteiger partial charge is 0.369 e. The Kier molecular flexibility index (Phi) is 6.21. The number of anilines is 1. The average molecular weight is 265 g/mol. The van der Waals surface area contributed by atoms with E-state index in [4.69, 9.17) is 0 Å². The third-order valence-corrected chi connectivity index (χ3v) is 2.42. The number of hydrogen-bond donors (Lipinski definition) is 2. The van der Waals surface area contributed by atoms with Gasteiger partial charge in [-0.1, -0.05) is 13.8 Å². The highest BCUT2D eigenvalue weighted by Crippen LogP contribution is 2.02. The van der Waals surface area contributed by atoms with Crippen LogP contribution in [0.1, 0.15) is 24.3 Å². The molecule has 106 valence electrons. The quantitative estimate of drug-likeness (QED) is 0.764. The van der Waals surface area contributed by atoms with Crippen LogP contribution in [0.5, 0.6) is 0 Å². The molecule has 0 aliphatic heterocycles. The van der Waals surface area contributed by atoms with Crippen molar-refractivity contribution in [3.8, 4) is 0 Å². The Labute approximate surface area is 114 Å². The first-order valence-corrected chi connectivity index (χ1v) is 6.48. The number of nitrogens with one attached hydrogen (secondary N) is 2. The summed E-state index contributed by atoms with van der Waals surface area (Å²) in [5.41, 5.74) is 0.342. The maximum atomic E-state index is 11.8. The standard InChI is InChI=1S/C13H23N5O/c1-10(2)7-16-12-9-15-11(8-17-12)13(19)14-5-6-18(3)4/h8-10H,5-7H2,1-4H3,(H,14,19)(H,16,17). The van der Waals surface area contributed by atoms with Crippen molar-refractivity contribution < 1.29 is 4.79 Å². The number of rotatable bonds is 7. The zero-order valence-corrected chi connectivity index (χ0v) is 12.1. The predicted molar refractivity (Wildman–Crippen MR) is 76.2 cm³/mol. The molecule has 0 bridgehead atoms. The molecule has 0 aliphatic carbocycles. The number of carbonyl (C=O) groups excluding carboxylic acids is 1. The Bertz CT molecular complexity index is 389. The van der Waals surface area contributed by atoms with E-state index in [0.29, 0.717) is 24.0 Å². The van der Waals surface area contributed by atoms with Crippen LogP contribution in [0.4, 0.5) is 5.82 Å². The van der Waals surface area contributed by atoms with Gasteiger partial charge in [-0.3, -0.25) is 4.79 Å². The van der Waals surface area contributed by atoms with Gasteiger partial charge in [0.1, 0.15) is 11.5 Å². The summed E-state index contributed by atoms with van der Waals surface area (Å²) in [6.45, 7) is 6.47. The molecule has 1 amide bonds. The van der Waals surface area contributed by atoms with E-state index in [0.717, 1.165) is 13.1 Å². The van der Waals surface area contributed by atoms with Crippen molar-refractivity contribution in [2.45, 2.75) is 13.8 Å². The van der Waals surface area contributed by atoms with E-state index < -0.39 is 0 Å². The molecule has 0 unspecified atom stereocenters. The molecule has 0 fully saturated rings. The summed E-state index contributed by atoms with van der Waals surface area (Å²) in [7, 11) is 3.92. The lowest BCUT2D eigenvalue weighted by atomic mass is 10.2. The monoisotopic (exact) mass is 265 g/mol. The first-order valence-electron chi connectivity index (χ1n) is 6.48. The molecule has 2 N–H and O–H groups in total. The summed E-state index contributed by atoms with van der Waals surface area (Å²) in [4.78, 5) is 22.0. The van der Waals surface area contributed by atoms with E-state index in [2.05, 4.69) is 34.4 Å².